The highest BCUT2D eigenvalue weighted by Crippen LogP contribution is 2.20. The number of halogens is 1. The number of nitriles is 1. The lowest BCUT2D eigenvalue weighted by Gasteiger charge is -2.11. The van der Waals surface area contributed by atoms with E-state index in [1.165, 1.54) is 6.07 Å². The van der Waals surface area contributed by atoms with Gasteiger partial charge < -0.3 is 5.11 Å². The molecule has 1 N–H and O–H groups in total. The first-order valence-electron chi connectivity index (χ1n) is 5.64. The number of pyridine rings is 1. The molecule has 0 saturated carbocycles. The summed E-state index contributed by atoms with van der Waals surface area (Å²) in [6.45, 7) is -0.508. The Labute approximate surface area is 119 Å². The molecule has 2 rings (SSSR count). The smallest absolute Gasteiger partial charge is 0.323 e. The molecule has 0 radical (unpaired) electrons. The minimum absolute atomic E-state index is 0.0936. The van der Waals surface area contributed by atoms with Crippen LogP contribution in [0.1, 0.15) is 5.56 Å². The van der Waals surface area contributed by atoms with Crippen molar-refractivity contribution >= 4 is 17.6 Å². The monoisotopic (exact) mass is 288 g/mol. The quantitative estimate of drug-likeness (QED) is 0.938. The van der Waals surface area contributed by atoms with Crippen molar-refractivity contribution in [3.05, 3.63) is 57.3 Å². The van der Waals surface area contributed by atoms with E-state index in [1.54, 1.807) is 36.4 Å². The summed E-state index contributed by atoms with van der Waals surface area (Å²) in [6, 6.07) is 11.3. The van der Waals surface area contributed by atoms with Gasteiger partial charge in [-0.15, -0.1) is 0 Å². The molecule has 0 saturated heterocycles. The third-order valence-electron chi connectivity index (χ3n) is 2.73. The molecule has 2 aromatic rings. The SMILES string of the molecule is N#Cc1ccc(-c2ccc(Cl)cc2)n(CC(=O)O)c1=O. The van der Waals surface area contributed by atoms with E-state index in [0.29, 0.717) is 16.3 Å². The van der Waals surface area contributed by atoms with Gasteiger partial charge in [0.05, 0.1) is 5.69 Å². The average molecular weight is 289 g/mol. The highest BCUT2D eigenvalue weighted by atomic mass is 35.5. The Morgan fingerprint density at radius 1 is 1.25 bits per heavy atom. The molecule has 5 nitrogen and oxygen atoms in total. The van der Waals surface area contributed by atoms with Crippen LogP contribution in [0.25, 0.3) is 11.3 Å². The maximum absolute atomic E-state index is 12.0. The first-order chi connectivity index (χ1) is 9.52. The van der Waals surface area contributed by atoms with Gasteiger partial charge in [-0.1, -0.05) is 23.7 Å². The standard InChI is InChI=1S/C14H9ClN2O3/c15-11-4-1-9(2-5-11)12-6-3-10(7-16)14(20)17(12)8-13(18)19/h1-6H,8H2,(H,18,19). The van der Waals surface area contributed by atoms with E-state index in [4.69, 9.17) is 22.0 Å². The molecule has 0 aliphatic carbocycles. The molecule has 0 spiro atoms. The van der Waals surface area contributed by atoms with E-state index >= 15 is 0 Å². The summed E-state index contributed by atoms with van der Waals surface area (Å²) in [4.78, 5) is 22.9. The van der Waals surface area contributed by atoms with Crippen LogP contribution < -0.4 is 5.56 Å². The predicted octanol–water partition coefficient (Wildman–Crippen LogP) is 2.12. The summed E-state index contributed by atoms with van der Waals surface area (Å²) < 4.78 is 1.06. The summed E-state index contributed by atoms with van der Waals surface area (Å²) >= 11 is 5.80. The van der Waals surface area contributed by atoms with Crippen LogP contribution in [0.2, 0.25) is 5.02 Å². The van der Waals surface area contributed by atoms with Crippen molar-refractivity contribution in [3.63, 3.8) is 0 Å². The molecule has 0 unspecified atom stereocenters. The van der Waals surface area contributed by atoms with Crippen molar-refractivity contribution in [2.75, 3.05) is 0 Å². The van der Waals surface area contributed by atoms with Crippen molar-refractivity contribution in [1.29, 1.82) is 5.26 Å². The molecule has 1 aromatic carbocycles. The molecule has 0 aliphatic rings. The van der Waals surface area contributed by atoms with Gasteiger partial charge in [0.2, 0.25) is 0 Å². The van der Waals surface area contributed by atoms with Crippen LogP contribution >= 0.6 is 11.6 Å². The van der Waals surface area contributed by atoms with Crippen LogP contribution in [-0.2, 0) is 11.3 Å². The predicted molar refractivity (Wildman–Crippen MR) is 73.5 cm³/mol. The second kappa shape index (κ2) is 5.59. The maximum Gasteiger partial charge on any atom is 0.323 e. The van der Waals surface area contributed by atoms with Gasteiger partial charge in [-0.25, -0.2) is 0 Å². The average Bonchev–Trinajstić information content (AvgIpc) is 2.42. The Morgan fingerprint density at radius 2 is 1.90 bits per heavy atom. The molecule has 6 heteroatoms. The highest BCUT2D eigenvalue weighted by molar-refractivity contribution is 6.30. The molecule has 1 heterocycles. The Bertz CT molecular complexity index is 757. The summed E-state index contributed by atoms with van der Waals surface area (Å²) in [5.41, 5.74) is 0.358. The van der Waals surface area contributed by atoms with E-state index in [-0.39, 0.29) is 5.56 Å². The zero-order valence-corrected chi connectivity index (χ0v) is 11.0. The van der Waals surface area contributed by atoms with Crippen LogP contribution in [0, 0.1) is 11.3 Å². The summed E-state index contributed by atoms with van der Waals surface area (Å²) in [6.07, 6.45) is 0. The highest BCUT2D eigenvalue weighted by Gasteiger charge is 2.12. The Hall–Kier alpha value is -2.58. The third-order valence-corrected chi connectivity index (χ3v) is 2.98. The Balaban J connectivity index is 2.67. The second-order valence-corrected chi connectivity index (χ2v) is 4.47. The second-order valence-electron chi connectivity index (χ2n) is 4.04. The molecule has 0 amide bonds. The normalized spacial score (nSPS) is 10.0. The van der Waals surface area contributed by atoms with E-state index < -0.39 is 18.1 Å². The number of carboxylic acids is 1. The minimum Gasteiger partial charge on any atom is -0.480 e. The lowest BCUT2D eigenvalue weighted by molar-refractivity contribution is -0.137. The Kier molecular flexibility index (Phi) is 3.87. The molecule has 1 aromatic heterocycles. The number of carbonyl (C=O) groups is 1. The van der Waals surface area contributed by atoms with Crippen LogP contribution in [0.5, 0.6) is 0 Å². The van der Waals surface area contributed by atoms with E-state index in [2.05, 4.69) is 0 Å². The van der Waals surface area contributed by atoms with Gasteiger partial charge in [0.25, 0.3) is 5.56 Å². The van der Waals surface area contributed by atoms with Crippen LogP contribution in [0.3, 0.4) is 0 Å². The fourth-order valence-electron chi connectivity index (χ4n) is 1.83. The summed E-state index contributed by atoms with van der Waals surface area (Å²) in [5.74, 6) is -1.16. The molecule has 0 bridgehead atoms. The van der Waals surface area contributed by atoms with Gasteiger partial charge in [-0.2, -0.15) is 5.26 Å². The first kappa shape index (κ1) is 13.8. The van der Waals surface area contributed by atoms with Crippen LogP contribution in [0.15, 0.2) is 41.2 Å². The van der Waals surface area contributed by atoms with E-state index in [9.17, 15) is 9.59 Å². The Morgan fingerprint density at radius 3 is 2.45 bits per heavy atom. The van der Waals surface area contributed by atoms with Gasteiger partial charge >= 0.3 is 5.97 Å². The van der Waals surface area contributed by atoms with Gasteiger partial charge in [-0.3, -0.25) is 14.2 Å². The van der Waals surface area contributed by atoms with Crippen LogP contribution in [-0.4, -0.2) is 15.6 Å². The fourth-order valence-corrected chi connectivity index (χ4v) is 1.95. The van der Waals surface area contributed by atoms with Crippen molar-refractivity contribution in [1.82, 2.24) is 4.57 Å². The number of nitrogens with zero attached hydrogens (tertiary/aromatic N) is 2. The van der Waals surface area contributed by atoms with E-state index in [0.717, 1.165) is 4.57 Å². The number of hydrogen-bond donors (Lipinski definition) is 1. The van der Waals surface area contributed by atoms with Crippen molar-refractivity contribution in [2.45, 2.75) is 6.54 Å². The summed E-state index contributed by atoms with van der Waals surface area (Å²) in [5, 5.41) is 18.3. The number of benzene rings is 1. The molecule has 0 atom stereocenters. The molecule has 20 heavy (non-hydrogen) atoms. The molecule has 0 aliphatic heterocycles. The zero-order chi connectivity index (χ0) is 14.7. The number of aromatic nitrogens is 1. The van der Waals surface area contributed by atoms with Crippen molar-refractivity contribution in [3.8, 4) is 17.3 Å². The topological polar surface area (TPSA) is 83.1 Å². The molecular formula is C14H9ClN2O3. The largest absolute Gasteiger partial charge is 0.480 e. The fraction of sp³-hybridized carbons (Fsp3) is 0.0714. The number of hydrogen-bond acceptors (Lipinski definition) is 3. The number of aliphatic carboxylic acids is 1. The zero-order valence-electron chi connectivity index (χ0n) is 10.2. The molecule has 0 fully saturated rings. The lowest BCUT2D eigenvalue weighted by Crippen LogP contribution is -2.27. The third kappa shape index (κ3) is 2.71. The van der Waals surface area contributed by atoms with Gasteiger partial charge in [0.15, 0.2) is 0 Å². The van der Waals surface area contributed by atoms with Gasteiger partial charge in [-0.05, 0) is 29.8 Å². The first-order valence-corrected chi connectivity index (χ1v) is 6.02. The van der Waals surface area contributed by atoms with Crippen LogP contribution in [0.4, 0.5) is 0 Å². The summed E-state index contributed by atoms with van der Waals surface area (Å²) in [7, 11) is 0. The molecule has 100 valence electrons. The lowest BCUT2D eigenvalue weighted by atomic mass is 10.1. The number of rotatable bonds is 3. The van der Waals surface area contributed by atoms with E-state index in [1.807, 2.05) is 0 Å². The minimum atomic E-state index is -1.16. The van der Waals surface area contributed by atoms with Crippen molar-refractivity contribution in [2.24, 2.45) is 0 Å². The maximum atomic E-state index is 12.0. The molecular weight excluding hydrogens is 280 g/mol. The van der Waals surface area contributed by atoms with Gasteiger partial charge in [0, 0.05) is 5.02 Å². The van der Waals surface area contributed by atoms with Gasteiger partial charge in [0.1, 0.15) is 18.2 Å². The number of carboxylic acid groups (broad SMARTS) is 1. The van der Waals surface area contributed by atoms with Crippen molar-refractivity contribution < 1.29 is 9.90 Å².